The molecule has 10 heteroatoms. The number of esters is 1. The number of rotatable bonds is 6. The van der Waals surface area contributed by atoms with Crippen LogP contribution in [0.4, 0.5) is 0 Å². The molecule has 4 aliphatic rings. The van der Waals surface area contributed by atoms with Gasteiger partial charge in [-0.05, 0) is 98.4 Å². The van der Waals surface area contributed by atoms with Crippen molar-refractivity contribution in [1.29, 1.82) is 0 Å². The zero-order valence-corrected chi connectivity index (χ0v) is 25.0. The number of nitrogens with two attached hydrogens (primary N) is 1. The monoisotopic (exact) mass is 597 g/mol. The lowest BCUT2D eigenvalue weighted by Gasteiger charge is -2.39. The van der Waals surface area contributed by atoms with Gasteiger partial charge in [0.2, 0.25) is 5.91 Å². The maximum Gasteiger partial charge on any atom is 0.341 e. The second kappa shape index (κ2) is 10.4. The lowest BCUT2D eigenvalue weighted by molar-refractivity contribution is -0.149. The number of aryl methyl sites for hydroxylation is 1. The van der Waals surface area contributed by atoms with Crippen LogP contribution in [0.2, 0.25) is 5.02 Å². The molecule has 2 aromatic carbocycles. The molecule has 2 aromatic rings. The summed E-state index contributed by atoms with van der Waals surface area (Å²) in [5, 5.41) is 3.62. The number of nitrogens with one attached hydrogen (secondary N) is 1. The second-order valence-corrected chi connectivity index (χ2v) is 14.7. The Balaban J connectivity index is 1.23. The summed E-state index contributed by atoms with van der Waals surface area (Å²) in [5.74, 6) is 0.888. The number of amides is 1. The van der Waals surface area contributed by atoms with Crippen molar-refractivity contribution in [1.82, 2.24) is 10.2 Å². The van der Waals surface area contributed by atoms with Gasteiger partial charge >= 0.3 is 5.97 Å². The predicted octanol–water partition coefficient (Wildman–Crippen LogP) is 4.08. The van der Waals surface area contributed by atoms with E-state index in [0.717, 1.165) is 37.1 Å². The average Bonchev–Trinajstić information content (AvgIpc) is 3.59. The van der Waals surface area contributed by atoms with Gasteiger partial charge in [-0.2, -0.15) is 0 Å². The summed E-state index contributed by atoms with van der Waals surface area (Å²) in [6.07, 6.45) is 7.31. The number of sulfone groups is 1. The standard InChI is InChI=1S/C31H36ClN3O5S/c1-18-11-24(20-5-3-6-22(14-20)41(2,38)39)25(32)15-23(18)28-29(33)31(40-30(28)37)9-4-10-35(17-31)16-27(36)34-26-13-19-7-8-21(26)12-19/h3,5-6,11,14-15,19,21,26H,4,7-10,12-13,16-17,33H2,1-2H3,(H,34,36)/t19-,21+,26?,31?/m1/s1. The molecule has 1 spiro atoms. The van der Waals surface area contributed by atoms with Crippen LogP contribution in [-0.4, -0.2) is 62.7 Å². The minimum absolute atomic E-state index is 0.0184. The molecule has 218 valence electrons. The zero-order valence-electron chi connectivity index (χ0n) is 23.4. The molecule has 2 heterocycles. The molecule has 0 aromatic heterocycles. The van der Waals surface area contributed by atoms with E-state index in [2.05, 4.69) is 5.32 Å². The minimum atomic E-state index is -3.39. The quantitative estimate of drug-likeness (QED) is 0.482. The summed E-state index contributed by atoms with van der Waals surface area (Å²) >= 11 is 6.71. The van der Waals surface area contributed by atoms with E-state index in [4.69, 9.17) is 22.1 Å². The summed E-state index contributed by atoms with van der Waals surface area (Å²) in [6.45, 7) is 3.21. The van der Waals surface area contributed by atoms with Crippen LogP contribution in [-0.2, 0) is 24.2 Å². The lowest BCUT2D eigenvalue weighted by Crippen LogP contribution is -2.54. The summed E-state index contributed by atoms with van der Waals surface area (Å²) in [4.78, 5) is 28.5. The van der Waals surface area contributed by atoms with Gasteiger partial charge in [-0.1, -0.05) is 30.2 Å². The Bertz CT molecular complexity index is 1570. The molecule has 4 atom stereocenters. The van der Waals surface area contributed by atoms with Crippen LogP contribution in [0.25, 0.3) is 16.7 Å². The third-order valence-corrected chi connectivity index (χ3v) is 10.8. The Morgan fingerprint density at radius 1 is 1.20 bits per heavy atom. The van der Waals surface area contributed by atoms with Crippen LogP contribution >= 0.6 is 11.6 Å². The van der Waals surface area contributed by atoms with Crippen LogP contribution in [0.3, 0.4) is 0 Å². The number of likely N-dealkylation sites (tertiary alicyclic amines) is 1. The molecule has 8 nitrogen and oxygen atoms in total. The number of benzene rings is 2. The summed E-state index contributed by atoms with van der Waals surface area (Å²) in [6, 6.07) is 10.4. The minimum Gasteiger partial charge on any atom is -0.448 e. The van der Waals surface area contributed by atoms with E-state index < -0.39 is 21.4 Å². The molecule has 0 radical (unpaired) electrons. The third-order valence-electron chi connectivity index (χ3n) is 9.39. The van der Waals surface area contributed by atoms with Gasteiger partial charge < -0.3 is 15.8 Å². The number of nitrogens with zero attached hydrogens (tertiary/aromatic N) is 1. The Hall–Kier alpha value is -2.88. The van der Waals surface area contributed by atoms with Gasteiger partial charge in [-0.25, -0.2) is 13.2 Å². The van der Waals surface area contributed by atoms with Gasteiger partial charge in [0.1, 0.15) is 0 Å². The van der Waals surface area contributed by atoms with Crippen LogP contribution in [0, 0.1) is 18.8 Å². The van der Waals surface area contributed by atoms with Crippen molar-refractivity contribution in [3.05, 3.63) is 58.2 Å². The highest BCUT2D eigenvalue weighted by atomic mass is 35.5. The number of hydrogen-bond acceptors (Lipinski definition) is 7. The van der Waals surface area contributed by atoms with Crippen LogP contribution in [0.5, 0.6) is 0 Å². The van der Waals surface area contributed by atoms with Crippen molar-refractivity contribution in [2.24, 2.45) is 17.6 Å². The van der Waals surface area contributed by atoms with E-state index in [0.29, 0.717) is 51.9 Å². The normalized spacial score (nSPS) is 28.0. The Morgan fingerprint density at radius 2 is 2.00 bits per heavy atom. The number of carbonyl (C=O) groups excluding carboxylic acids is 2. The largest absolute Gasteiger partial charge is 0.448 e. The van der Waals surface area contributed by atoms with Gasteiger partial charge in [0, 0.05) is 29.4 Å². The highest BCUT2D eigenvalue weighted by Crippen LogP contribution is 2.45. The highest BCUT2D eigenvalue weighted by molar-refractivity contribution is 7.90. The van der Waals surface area contributed by atoms with Gasteiger partial charge in [-0.15, -0.1) is 0 Å². The van der Waals surface area contributed by atoms with E-state index >= 15 is 0 Å². The fourth-order valence-corrected chi connectivity index (χ4v) is 8.30. The molecule has 3 N–H and O–H groups in total. The fourth-order valence-electron chi connectivity index (χ4n) is 7.37. The predicted molar refractivity (Wildman–Crippen MR) is 158 cm³/mol. The maximum absolute atomic E-state index is 13.3. The molecule has 2 aliphatic heterocycles. The SMILES string of the molecule is Cc1cc(-c2cccc(S(C)(=O)=O)c2)c(Cl)cc1C1=C(N)C2(CCCN(CC(=O)NC3C[C@@H]4CC[C@H]3C4)C2)OC1=O. The third kappa shape index (κ3) is 5.28. The van der Waals surface area contributed by atoms with Crippen LogP contribution < -0.4 is 11.1 Å². The first-order valence-corrected chi connectivity index (χ1v) is 16.6. The molecular formula is C31H36ClN3O5S. The fraction of sp³-hybridized carbons (Fsp3) is 0.484. The first-order chi connectivity index (χ1) is 19.4. The number of piperidine rings is 1. The second-order valence-electron chi connectivity index (χ2n) is 12.3. The van der Waals surface area contributed by atoms with Crippen molar-refractivity contribution in [2.45, 2.75) is 62.0 Å². The van der Waals surface area contributed by atoms with Crippen molar-refractivity contribution in [3.63, 3.8) is 0 Å². The van der Waals surface area contributed by atoms with Crippen LogP contribution in [0.1, 0.15) is 49.7 Å². The van der Waals surface area contributed by atoms with Gasteiger partial charge in [0.25, 0.3) is 0 Å². The molecule has 2 bridgehead atoms. The molecular weight excluding hydrogens is 562 g/mol. The number of hydrogen-bond donors (Lipinski definition) is 2. The Kier molecular flexibility index (Phi) is 7.19. The van der Waals surface area contributed by atoms with E-state index in [1.165, 1.54) is 19.3 Å². The van der Waals surface area contributed by atoms with Gasteiger partial charge in [-0.3, -0.25) is 9.69 Å². The first-order valence-electron chi connectivity index (χ1n) is 14.3. The molecule has 41 heavy (non-hydrogen) atoms. The van der Waals surface area contributed by atoms with Crippen molar-refractivity contribution in [3.8, 4) is 11.1 Å². The van der Waals surface area contributed by atoms with Gasteiger partial charge in [0.05, 0.1) is 22.7 Å². The molecule has 3 fully saturated rings. The van der Waals surface area contributed by atoms with E-state index in [9.17, 15) is 18.0 Å². The molecule has 2 unspecified atom stereocenters. The van der Waals surface area contributed by atoms with Crippen LogP contribution in [0.15, 0.2) is 47.0 Å². The number of carbonyl (C=O) groups is 2. The number of halogens is 1. The smallest absolute Gasteiger partial charge is 0.341 e. The Labute approximate surface area is 246 Å². The summed E-state index contributed by atoms with van der Waals surface area (Å²) < 4.78 is 30.1. The van der Waals surface area contributed by atoms with Crippen molar-refractivity contribution < 1.29 is 22.7 Å². The number of ether oxygens (including phenoxy) is 1. The number of fused-ring (bicyclic) bond motifs is 2. The van der Waals surface area contributed by atoms with E-state index in [-0.39, 0.29) is 23.4 Å². The van der Waals surface area contributed by atoms with E-state index in [1.807, 2.05) is 17.9 Å². The molecule has 2 saturated carbocycles. The summed E-state index contributed by atoms with van der Waals surface area (Å²) in [5.41, 5.74) is 9.06. The average molecular weight is 598 g/mol. The summed E-state index contributed by atoms with van der Waals surface area (Å²) in [7, 11) is -3.39. The van der Waals surface area contributed by atoms with Crippen molar-refractivity contribution in [2.75, 3.05) is 25.9 Å². The van der Waals surface area contributed by atoms with Crippen molar-refractivity contribution >= 4 is 38.9 Å². The highest BCUT2D eigenvalue weighted by Gasteiger charge is 2.50. The molecule has 1 amide bonds. The molecule has 6 rings (SSSR count). The molecule has 2 aliphatic carbocycles. The Morgan fingerprint density at radius 3 is 2.71 bits per heavy atom. The van der Waals surface area contributed by atoms with E-state index in [1.54, 1.807) is 30.3 Å². The molecule has 1 saturated heterocycles. The maximum atomic E-state index is 13.3. The van der Waals surface area contributed by atoms with Gasteiger partial charge in [0.15, 0.2) is 15.4 Å². The zero-order chi connectivity index (χ0) is 29.1. The topological polar surface area (TPSA) is 119 Å². The first kappa shape index (κ1) is 28.2. The lowest BCUT2D eigenvalue weighted by atomic mass is 9.86.